The zero-order chi connectivity index (χ0) is 16.2. The van der Waals surface area contributed by atoms with Gasteiger partial charge in [0.2, 0.25) is 0 Å². The Kier molecular flexibility index (Phi) is 10.4. The molecule has 1 atom stereocenters. The second kappa shape index (κ2) is 10.6. The Morgan fingerprint density at radius 1 is 1.25 bits per heavy atom. The lowest BCUT2D eigenvalue weighted by Gasteiger charge is -2.35. The molecule has 1 aromatic carbocycles. The van der Waals surface area contributed by atoms with Gasteiger partial charge in [-0.15, -0.1) is 38.0 Å². The van der Waals surface area contributed by atoms with Gasteiger partial charge in [0, 0.05) is 32.2 Å². The van der Waals surface area contributed by atoms with E-state index in [0.29, 0.717) is 0 Å². The number of hydrogen-bond acceptors (Lipinski definition) is 3. The number of benzene rings is 1. The normalized spacial score (nSPS) is 16.7. The number of nitrogens with zero attached hydrogens (tertiary/aromatic N) is 1. The fourth-order valence-corrected chi connectivity index (χ4v) is 2.99. The lowest BCUT2D eigenvalue weighted by atomic mass is 9.99. The minimum atomic E-state index is -4.73. The van der Waals surface area contributed by atoms with Gasteiger partial charge in [0.05, 0.1) is 5.02 Å². The summed E-state index contributed by atoms with van der Waals surface area (Å²) < 4.78 is 40.8. The Morgan fingerprint density at radius 3 is 2.38 bits per heavy atom. The Balaban J connectivity index is 0.00000264. The largest absolute Gasteiger partial charge is 0.573 e. The zero-order valence-electron chi connectivity index (χ0n) is 13.2. The number of nitrogens with one attached hydrogen (secondary N) is 1. The van der Waals surface area contributed by atoms with Crippen molar-refractivity contribution >= 4 is 36.4 Å². The van der Waals surface area contributed by atoms with Crippen LogP contribution in [-0.4, -0.2) is 37.4 Å². The first-order chi connectivity index (χ1) is 10.4. The highest BCUT2D eigenvalue weighted by molar-refractivity contribution is 6.32. The fraction of sp³-hybridized carbons (Fsp3) is 0.600. The van der Waals surface area contributed by atoms with Crippen molar-refractivity contribution in [3.8, 4) is 5.75 Å². The molecule has 1 saturated heterocycles. The van der Waals surface area contributed by atoms with Gasteiger partial charge in [0.25, 0.3) is 0 Å². The van der Waals surface area contributed by atoms with Gasteiger partial charge < -0.3 is 10.1 Å². The molecule has 1 aliphatic heterocycles. The average molecular weight is 410 g/mol. The third-order valence-corrected chi connectivity index (χ3v) is 4.02. The Labute approximate surface area is 157 Å². The topological polar surface area (TPSA) is 24.5 Å². The molecular formula is C15H22Cl3F3N2O. The summed E-state index contributed by atoms with van der Waals surface area (Å²) in [5.74, 6) is -0.353. The smallest absolute Gasteiger partial charge is 0.404 e. The molecule has 9 heteroatoms. The second-order valence-corrected chi connectivity index (χ2v) is 5.74. The quantitative estimate of drug-likeness (QED) is 0.754. The third-order valence-electron chi connectivity index (χ3n) is 3.72. The van der Waals surface area contributed by atoms with Crippen molar-refractivity contribution in [1.29, 1.82) is 0 Å². The number of rotatable bonds is 5. The van der Waals surface area contributed by atoms with Crippen LogP contribution in [0, 0.1) is 0 Å². The van der Waals surface area contributed by atoms with Gasteiger partial charge >= 0.3 is 6.36 Å². The fourth-order valence-electron chi connectivity index (χ4n) is 2.76. The van der Waals surface area contributed by atoms with E-state index in [-0.39, 0.29) is 41.6 Å². The molecule has 0 bridgehead atoms. The predicted molar refractivity (Wildman–Crippen MR) is 94.7 cm³/mol. The maximum atomic E-state index is 12.3. The SMILES string of the molecule is CCC[C@@H](c1ccc(OC(F)(F)F)c(Cl)c1)N1CCNCC1.Cl.Cl. The first-order valence-electron chi connectivity index (χ1n) is 7.40. The molecule has 1 heterocycles. The number of alkyl halides is 3. The van der Waals surface area contributed by atoms with E-state index in [2.05, 4.69) is 21.9 Å². The number of ether oxygens (including phenoxy) is 1. The minimum absolute atomic E-state index is 0. The van der Waals surface area contributed by atoms with Gasteiger partial charge in [-0.05, 0) is 24.1 Å². The van der Waals surface area contributed by atoms with Gasteiger partial charge in [0.15, 0.2) is 0 Å². The molecule has 0 spiro atoms. The summed E-state index contributed by atoms with van der Waals surface area (Å²) in [6, 6.07) is 4.74. The lowest BCUT2D eigenvalue weighted by Crippen LogP contribution is -2.45. The van der Waals surface area contributed by atoms with Gasteiger partial charge in [-0.1, -0.05) is 31.0 Å². The van der Waals surface area contributed by atoms with E-state index >= 15 is 0 Å². The summed E-state index contributed by atoms with van der Waals surface area (Å²) in [5, 5.41) is 3.29. The van der Waals surface area contributed by atoms with E-state index in [1.807, 2.05) is 0 Å². The lowest BCUT2D eigenvalue weighted by molar-refractivity contribution is -0.274. The molecule has 2 rings (SSSR count). The van der Waals surface area contributed by atoms with Crippen LogP contribution in [0.1, 0.15) is 31.4 Å². The molecule has 24 heavy (non-hydrogen) atoms. The van der Waals surface area contributed by atoms with Gasteiger partial charge in [-0.3, -0.25) is 4.90 Å². The standard InChI is InChI=1S/C15H20ClF3N2O.2ClH/c1-2-3-13(21-8-6-20-7-9-21)11-4-5-14(12(16)10-11)22-15(17,18)19;;/h4-5,10,13,20H,2-3,6-9H2,1H3;2*1H/t13-;;/m0../s1. The Bertz CT molecular complexity index is 497. The van der Waals surface area contributed by atoms with Crippen molar-refractivity contribution in [3.63, 3.8) is 0 Å². The Morgan fingerprint density at radius 2 is 1.88 bits per heavy atom. The average Bonchev–Trinajstić information content (AvgIpc) is 2.47. The van der Waals surface area contributed by atoms with Crippen LogP contribution in [0.15, 0.2) is 18.2 Å². The maximum Gasteiger partial charge on any atom is 0.573 e. The summed E-state index contributed by atoms with van der Waals surface area (Å²) in [6.07, 6.45) is -2.80. The van der Waals surface area contributed by atoms with Crippen molar-refractivity contribution in [1.82, 2.24) is 10.2 Å². The molecule has 0 aliphatic carbocycles. The maximum absolute atomic E-state index is 12.3. The van der Waals surface area contributed by atoms with Crippen LogP contribution in [0.4, 0.5) is 13.2 Å². The molecular weight excluding hydrogens is 388 g/mol. The van der Waals surface area contributed by atoms with E-state index in [9.17, 15) is 13.2 Å². The highest BCUT2D eigenvalue weighted by atomic mass is 35.5. The summed E-state index contributed by atoms with van der Waals surface area (Å²) in [5.41, 5.74) is 0.934. The summed E-state index contributed by atoms with van der Waals surface area (Å²) in [7, 11) is 0. The molecule has 0 amide bonds. The van der Waals surface area contributed by atoms with Crippen molar-refractivity contribution < 1.29 is 17.9 Å². The van der Waals surface area contributed by atoms with Crippen molar-refractivity contribution in [2.75, 3.05) is 26.2 Å². The number of piperazine rings is 1. The first-order valence-corrected chi connectivity index (χ1v) is 7.78. The van der Waals surface area contributed by atoms with Crippen LogP contribution in [-0.2, 0) is 0 Å². The Hall–Kier alpha value is -0.400. The molecule has 0 radical (unpaired) electrons. The molecule has 1 fully saturated rings. The van der Waals surface area contributed by atoms with Crippen molar-refractivity contribution in [2.45, 2.75) is 32.2 Å². The predicted octanol–water partition coefficient (Wildman–Crippen LogP) is 4.83. The summed E-state index contributed by atoms with van der Waals surface area (Å²) in [4.78, 5) is 2.34. The van der Waals surface area contributed by atoms with Crippen LogP contribution in [0.25, 0.3) is 0 Å². The van der Waals surface area contributed by atoms with Crippen LogP contribution < -0.4 is 10.1 Å². The minimum Gasteiger partial charge on any atom is -0.404 e. The van der Waals surface area contributed by atoms with Crippen LogP contribution >= 0.6 is 36.4 Å². The highest BCUT2D eigenvalue weighted by Gasteiger charge is 2.32. The van der Waals surface area contributed by atoms with Crippen LogP contribution in [0.5, 0.6) is 5.75 Å². The van der Waals surface area contributed by atoms with Gasteiger partial charge in [-0.2, -0.15) is 0 Å². The first kappa shape index (κ1) is 23.6. The molecule has 140 valence electrons. The number of hydrogen-bond donors (Lipinski definition) is 1. The zero-order valence-corrected chi connectivity index (χ0v) is 15.6. The van der Waals surface area contributed by atoms with Gasteiger partial charge in [-0.25, -0.2) is 0 Å². The molecule has 1 N–H and O–H groups in total. The van der Waals surface area contributed by atoms with E-state index < -0.39 is 6.36 Å². The van der Waals surface area contributed by atoms with Crippen molar-refractivity contribution in [3.05, 3.63) is 28.8 Å². The molecule has 1 aromatic rings. The van der Waals surface area contributed by atoms with Crippen molar-refractivity contribution in [2.24, 2.45) is 0 Å². The van der Waals surface area contributed by atoms with E-state index in [0.717, 1.165) is 44.6 Å². The highest BCUT2D eigenvalue weighted by Crippen LogP contribution is 2.34. The second-order valence-electron chi connectivity index (χ2n) is 5.33. The van der Waals surface area contributed by atoms with Crippen LogP contribution in [0.3, 0.4) is 0 Å². The summed E-state index contributed by atoms with van der Waals surface area (Å²) in [6.45, 7) is 5.77. The molecule has 0 saturated carbocycles. The third kappa shape index (κ3) is 6.84. The molecule has 0 aromatic heterocycles. The van der Waals surface area contributed by atoms with E-state index in [1.54, 1.807) is 12.1 Å². The number of halogens is 6. The van der Waals surface area contributed by atoms with E-state index in [1.165, 1.54) is 6.07 Å². The van der Waals surface area contributed by atoms with E-state index in [4.69, 9.17) is 11.6 Å². The molecule has 0 unspecified atom stereocenters. The monoisotopic (exact) mass is 408 g/mol. The summed E-state index contributed by atoms with van der Waals surface area (Å²) >= 11 is 5.96. The molecule has 1 aliphatic rings. The molecule has 3 nitrogen and oxygen atoms in total. The van der Waals surface area contributed by atoms with Gasteiger partial charge in [0.1, 0.15) is 5.75 Å². The van der Waals surface area contributed by atoms with Crippen LogP contribution in [0.2, 0.25) is 5.02 Å².